The van der Waals surface area contributed by atoms with Gasteiger partial charge in [-0.25, -0.2) is 4.98 Å². The van der Waals surface area contributed by atoms with Crippen LogP contribution < -0.4 is 10.6 Å². The summed E-state index contributed by atoms with van der Waals surface area (Å²) in [6.45, 7) is 2.67. The van der Waals surface area contributed by atoms with Gasteiger partial charge >= 0.3 is 0 Å². The van der Waals surface area contributed by atoms with Crippen molar-refractivity contribution in [3.05, 3.63) is 23.4 Å². The van der Waals surface area contributed by atoms with Crippen LogP contribution in [0.2, 0.25) is 0 Å². The Morgan fingerprint density at radius 2 is 2.21 bits per heavy atom. The third-order valence-corrected chi connectivity index (χ3v) is 4.25. The van der Waals surface area contributed by atoms with Crippen molar-refractivity contribution in [2.75, 3.05) is 18.5 Å². The molecule has 0 bridgehead atoms. The highest BCUT2D eigenvalue weighted by atomic mass is 15.2. The lowest BCUT2D eigenvalue weighted by molar-refractivity contribution is 0.305. The molecule has 4 heteroatoms. The monoisotopic (exact) mass is 258 g/mol. The Morgan fingerprint density at radius 1 is 1.47 bits per heavy atom. The summed E-state index contributed by atoms with van der Waals surface area (Å²) in [5, 5.41) is 9.33. The van der Waals surface area contributed by atoms with E-state index in [4.69, 9.17) is 5.73 Å². The van der Waals surface area contributed by atoms with Crippen LogP contribution in [0, 0.1) is 24.2 Å². The van der Waals surface area contributed by atoms with Gasteiger partial charge in [-0.3, -0.25) is 0 Å². The second kappa shape index (κ2) is 6.03. The second-order valence-corrected chi connectivity index (χ2v) is 5.40. The van der Waals surface area contributed by atoms with Crippen LogP contribution in [0.25, 0.3) is 0 Å². The molecule has 19 heavy (non-hydrogen) atoms. The van der Waals surface area contributed by atoms with Crippen molar-refractivity contribution in [2.45, 2.75) is 38.6 Å². The van der Waals surface area contributed by atoms with Crippen molar-refractivity contribution in [3.63, 3.8) is 0 Å². The fourth-order valence-corrected chi connectivity index (χ4v) is 3.08. The summed E-state index contributed by atoms with van der Waals surface area (Å²) in [6, 6.07) is 4.57. The van der Waals surface area contributed by atoms with Crippen molar-refractivity contribution in [3.8, 4) is 6.07 Å². The number of aryl methyl sites for hydroxylation is 1. The molecule has 0 radical (unpaired) electrons. The van der Waals surface area contributed by atoms with E-state index in [9.17, 15) is 5.26 Å². The normalized spacial score (nSPS) is 22.8. The SMILES string of the molecule is Cc1ccnc(N(C)C2CCCCC2CN)c1C#N. The first-order valence-electron chi connectivity index (χ1n) is 6.97. The van der Waals surface area contributed by atoms with Crippen LogP contribution in [0.5, 0.6) is 0 Å². The second-order valence-electron chi connectivity index (χ2n) is 5.40. The van der Waals surface area contributed by atoms with Crippen LogP contribution in [0.3, 0.4) is 0 Å². The molecule has 2 unspecified atom stereocenters. The maximum atomic E-state index is 9.33. The van der Waals surface area contributed by atoms with E-state index in [0.717, 1.165) is 17.8 Å². The van der Waals surface area contributed by atoms with Crippen molar-refractivity contribution < 1.29 is 0 Å². The maximum Gasteiger partial charge on any atom is 0.146 e. The van der Waals surface area contributed by atoms with E-state index >= 15 is 0 Å². The van der Waals surface area contributed by atoms with E-state index < -0.39 is 0 Å². The number of hydrogen-bond acceptors (Lipinski definition) is 4. The first-order valence-corrected chi connectivity index (χ1v) is 6.97. The number of nitrogens with zero attached hydrogens (tertiary/aromatic N) is 3. The van der Waals surface area contributed by atoms with Crippen LogP contribution in [0.15, 0.2) is 12.3 Å². The van der Waals surface area contributed by atoms with Gasteiger partial charge in [-0.2, -0.15) is 5.26 Å². The van der Waals surface area contributed by atoms with E-state index in [1.165, 1.54) is 19.3 Å². The van der Waals surface area contributed by atoms with E-state index in [2.05, 4.69) is 16.0 Å². The first kappa shape index (κ1) is 13.8. The summed E-state index contributed by atoms with van der Waals surface area (Å²) in [6.07, 6.45) is 6.60. The Bertz CT molecular complexity index is 478. The highest BCUT2D eigenvalue weighted by Crippen LogP contribution is 2.31. The molecular formula is C15H22N4. The fraction of sp³-hybridized carbons (Fsp3) is 0.600. The van der Waals surface area contributed by atoms with E-state index in [1.54, 1.807) is 6.20 Å². The van der Waals surface area contributed by atoms with Crippen molar-refractivity contribution >= 4 is 5.82 Å². The van der Waals surface area contributed by atoms with Crippen molar-refractivity contribution in [1.29, 1.82) is 5.26 Å². The molecule has 0 aliphatic heterocycles. The largest absolute Gasteiger partial charge is 0.355 e. The minimum atomic E-state index is 0.403. The van der Waals surface area contributed by atoms with Gasteiger partial charge in [0.15, 0.2) is 0 Å². The molecule has 0 aromatic carbocycles. The lowest BCUT2D eigenvalue weighted by atomic mass is 9.83. The van der Waals surface area contributed by atoms with Crippen LogP contribution in [-0.4, -0.2) is 24.6 Å². The molecule has 1 saturated carbocycles. The van der Waals surface area contributed by atoms with Gasteiger partial charge in [-0.1, -0.05) is 12.8 Å². The van der Waals surface area contributed by atoms with Gasteiger partial charge in [0, 0.05) is 19.3 Å². The first-order chi connectivity index (χ1) is 9.19. The zero-order valence-electron chi connectivity index (χ0n) is 11.8. The molecule has 0 saturated heterocycles. The number of pyridine rings is 1. The molecule has 2 rings (SSSR count). The fourth-order valence-electron chi connectivity index (χ4n) is 3.08. The molecule has 1 aromatic rings. The molecule has 1 aliphatic rings. The quantitative estimate of drug-likeness (QED) is 0.902. The number of hydrogen-bond donors (Lipinski definition) is 1. The van der Waals surface area contributed by atoms with E-state index in [0.29, 0.717) is 24.1 Å². The Hall–Kier alpha value is -1.60. The number of aromatic nitrogens is 1. The molecule has 102 valence electrons. The summed E-state index contributed by atoms with van der Waals surface area (Å²) < 4.78 is 0. The summed E-state index contributed by atoms with van der Waals surface area (Å²) in [4.78, 5) is 6.59. The third kappa shape index (κ3) is 2.71. The number of rotatable bonds is 3. The topological polar surface area (TPSA) is 65.9 Å². The lowest BCUT2D eigenvalue weighted by Crippen LogP contribution is -2.43. The molecule has 0 spiro atoms. The smallest absolute Gasteiger partial charge is 0.146 e. The van der Waals surface area contributed by atoms with Crippen LogP contribution in [0.4, 0.5) is 5.82 Å². The number of nitriles is 1. The average molecular weight is 258 g/mol. The molecule has 2 atom stereocenters. The lowest BCUT2D eigenvalue weighted by Gasteiger charge is -2.38. The van der Waals surface area contributed by atoms with Gasteiger partial charge in [-0.15, -0.1) is 0 Å². The Balaban J connectivity index is 2.31. The molecule has 4 nitrogen and oxygen atoms in total. The third-order valence-electron chi connectivity index (χ3n) is 4.25. The Morgan fingerprint density at radius 3 is 2.89 bits per heavy atom. The highest BCUT2D eigenvalue weighted by molar-refractivity contribution is 5.57. The Labute approximate surface area is 115 Å². The minimum absolute atomic E-state index is 0.403. The van der Waals surface area contributed by atoms with Crippen molar-refractivity contribution in [1.82, 2.24) is 4.98 Å². The number of anilines is 1. The van der Waals surface area contributed by atoms with Crippen LogP contribution >= 0.6 is 0 Å². The molecule has 1 aromatic heterocycles. The zero-order valence-corrected chi connectivity index (χ0v) is 11.8. The van der Waals surface area contributed by atoms with Crippen molar-refractivity contribution in [2.24, 2.45) is 11.7 Å². The zero-order chi connectivity index (χ0) is 13.8. The molecular weight excluding hydrogens is 236 g/mol. The highest BCUT2D eigenvalue weighted by Gasteiger charge is 2.29. The summed E-state index contributed by atoms with van der Waals surface area (Å²) >= 11 is 0. The predicted molar refractivity (Wildman–Crippen MR) is 76.9 cm³/mol. The van der Waals surface area contributed by atoms with Crippen LogP contribution in [-0.2, 0) is 0 Å². The summed E-state index contributed by atoms with van der Waals surface area (Å²) in [7, 11) is 2.04. The van der Waals surface area contributed by atoms with E-state index in [1.807, 2.05) is 20.0 Å². The standard InChI is InChI=1S/C15H22N4/c1-11-7-8-18-15(13(11)10-17)19(2)14-6-4-3-5-12(14)9-16/h7-8,12,14H,3-6,9,16H2,1-2H3. The molecule has 1 heterocycles. The van der Waals surface area contributed by atoms with Gasteiger partial charge in [0.2, 0.25) is 0 Å². The molecule has 1 aliphatic carbocycles. The minimum Gasteiger partial charge on any atom is -0.355 e. The Kier molecular flexibility index (Phi) is 4.39. The summed E-state index contributed by atoms with van der Waals surface area (Å²) in [5.74, 6) is 1.31. The van der Waals surface area contributed by atoms with Gasteiger partial charge < -0.3 is 10.6 Å². The van der Waals surface area contributed by atoms with E-state index in [-0.39, 0.29) is 0 Å². The van der Waals surface area contributed by atoms with Gasteiger partial charge in [0.1, 0.15) is 11.9 Å². The predicted octanol–water partition coefficient (Wildman–Crippen LogP) is 2.22. The van der Waals surface area contributed by atoms with Gasteiger partial charge in [0.25, 0.3) is 0 Å². The number of nitrogens with two attached hydrogens (primary N) is 1. The molecule has 1 fully saturated rings. The molecule has 2 N–H and O–H groups in total. The molecule has 0 amide bonds. The van der Waals surface area contributed by atoms with Gasteiger partial charge in [-0.05, 0) is 43.9 Å². The summed E-state index contributed by atoms with van der Waals surface area (Å²) in [5.41, 5.74) is 7.57. The average Bonchev–Trinajstić information content (AvgIpc) is 2.46. The van der Waals surface area contributed by atoms with Gasteiger partial charge in [0.05, 0.1) is 5.56 Å². The van der Waals surface area contributed by atoms with Crippen LogP contribution in [0.1, 0.15) is 36.8 Å². The maximum absolute atomic E-state index is 9.33.